The molecule has 3 rings (SSSR count). The molecule has 5 nitrogen and oxygen atoms in total. The smallest absolute Gasteiger partial charge is 0.335 e. The van der Waals surface area contributed by atoms with Crippen LogP contribution in [0.1, 0.15) is 45.2 Å². The van der Waals surface area contributed by atoms with E-state index in [-0.39, 0.29) is 11.8 Å². The van der Waals surface area contributed by atoms with E-state index < -0.39 is 5.97 Å². The summed E-state index contributed by atoms with van der Waals surface area (Å²) in [6, 6.07) is 10.7. The zero-order valence-electron chi connectivity index (χ0n) is 13.1. The van der Waals surface area contributed by atoms with Crippen LogP contribution >= 0.6 is 0 Å². The monoisotopic (exact) mass is 312 g/mol. The van der Waals surface area contributed by atoms with Crippen LogP contribution in [0.2, 0.25) is 0 Å². The van der Waals surface area contributed by atoms with Gasteiger partial charge >= 0.3 is 5.97 Å². The highest BCUT2D eigenvalue weighted by molar-refractivity contribution is 5.93. The molecule has 1 aliphatic rings. The maximum Gasteiger partial charge on any atom is 0.335 e. The molecule has 120 valence electrons. The number of likely N-dealkylation sites (tertiary alicyclic amines) is 1. The highest BCUT2D eigenvalue weighted by Gasteiger charge is 2.26. The number of piperidine rings is 1. The summed E-state index contributed by atoms with van der Waals surface area (Å²) >= 11 is 0. The first-order valence-corrected chi connectivity index (χ1v) is 7.80. The van der Waals surface area contributed by atoms with E-state index >= 15 is 0 Å². The number of aromatic nitrogens is 1. The van der Waals surface area contributed by atoms with Gasteiger partial charge in [0.25, 0.3) is 5.91 Å². The molecule has 0 bridgehead atoms. The van der Waals surface area contributed by atoms with Crippen molar-refractivity contribution in [3.63, 3.8) is 0 Å². The Balaban J connectivity index is 1.74. The van der Waals surface area contributed by atoms with Crippen molar-refractivity contribution in [3.8, 4) is 0 Å². The SMILES string of the molecule is Cn1cccc1C(=O)N1CCCC(c2ccc(C(=O)O)cc2)C1. The molecule has 1 aromatic heterocycles. The molecule has 0 aliphatic carbocycles. The lowest BCUT2D eigenvalue weighted by molar-refractivity contribution is 0.0690. The molecular weight excluding hydrogens is 292 g/mol. The number of carboxylic acids is 1. The molecule has 0 saturated carbocycles. The number of nitrogens with zero attached hydrogens (tertiary/aromatic N) is 2. The minimum Gasteiger partial charge on any atom is -0.478 e. The third-order valence-electron chi connectivity index (χ3n) is 4.50. The summed E-state index contributed by atoms with van der Waals surface area (Å²) < 4.78 is 1.84. The van der Waals surface area contributed by atoms with Crippen LogP contribution in [0.3, 0.4) is 0 Å². The van der Waals surface area contributed by atoms with Crippen molar-refractivity contribution in [2.75, 3.05) is 13.1 Å². The molecular formula is C18H20N2O3. The van der Waals surface area contributed by atoms with E-state index in [1.54, 1.807) is 12.1 Å². The van der Waals surface area contributed by atoms with Crippen LogP contribution in [-0.2, 0) is 7.05 Å². The molecule has 2 aromatic rings. The van der Waals surface area contributed by atoms with Crippen LogP contribution in [0.5, 0.6) is 0 Å². The first kappa shape index (κ1) is 15.3. The maximum atomic E-state index is 12.6. The van der Waals surface area contributed by atoms with Gasteiger partial charge in [-0.05, 0) is 42.7 Å². The number of benzene rings is 1. The van der Waals surface area contributed by atoms with Crippen LogP contribution in [0, 0.1) is 0 Å². The van der Waals surface area contributed by atoms with E-state index in [1.807, 2.05) is 47.0 Å². The largest absolute Gasteiger partial charge is 0.478 e. The first-order chi connectivity index (χ1) is 11.1. The summed E-state index contributed by atoms with van der Waals surface area (Å²) in [4.78, 5) is 25.5. The number of carbonyl (C=O) groups excluding carboxylic acids is 1. The molecule has 23 heavy (non-hydrogen) atoms. The Morgan fingerprint density at radius 3 is 2.52 bits per heavy atom. The van der Waals surface area contributed by atoms with E-state index in [0.717, 1.165) is 24.9 Å². The number of aromatic carboxylic acids is 1. The second-order valence-corrected chi connectivity index (χ2v) is 6.02. The zero-order valence-corrected chi connectivity index (χ0v) is 13.1. The summed E-state index contributed by atoms with van der Waals surface area (Å²) in [7, 11) is 1.87. The van der Waals surface area contributed by atoms with Crippen LogP contribution in [-0.4, -0.2) is 39.5 Å². The highest BCUT2D eigenvalue weighted by atomic mass is 16.4. The first-order valence-electron chi connectivity index (χ1n) is 7.80. The van der Waals surface area contributed by atoms with Gasteiger partial charge in [-0.15, -0.1) is 0 Å². The van der Waals surface area contributed by atoms with Crippen molar-refractivity contribution in [3.05, 3.63) is 59.4 Å². The van der Waals surface area contributed by atoms with E-state index in [9.17, 15) is 9.59 Å². The summed E-state index contributed by atoms with van der Waals surface area (Å²) in [5.74, 6) is -0.596. The van der Waals surface area contributed by atoms with Gasteiger partial charge in [-0.2, -0.15) is 0 Å². The second kappa shape index (κ2) is 6.28. The van der Waals surface area contributed by atoms with E-state index in [1.165, 1.54) is 0 Å². The quantitative estimate of drug-likeness (QED) is 0.948. The van der Waals surface area contributed by atoms with E-state index in [2.05, 4.69) is 0 Å². The maximum absolute atomic E-state index is 12.6. The Morgan fingerprint density at radius 2 is 1.91 bits per heavy atom. The number of hydrogen-bond donors (Lipinski definition) is 1. The van der Waals surface area contributed by atoms with Gasteiger partial charge in [0.2, 0.25) is 0 Å². The van der Waals surface area contributed by atoms with Gasteiger partial charge in [-0.25, -0.2) is 4.79 Å². The Morgan fingerprint density at radius 1 is 1.17 bits per heavy atom. The minimum absolute atomic E-state index is 0.0596. The minimum atomic E-state index is -0.916. The fourth-order valence-electron chi connectivity index (χ4n) is 3.18. The molecule has 1 aromatic carbocycles. The number of carboxylic acid groups (broad SMARTS) is 1. The lowest BCUT2D eigenvalue weighted by Crippen LogP contribution is -2.39. The van der Waals surface area contributed by atoms with Crippen molar-refractivity contribution < 1.29 is 14.7 Å². The molecule has 1 fully saturated rings. The molecule has 0 radical (unpaired) electrons. The Kier molecular flexibility index (Phi) is 4.19. The van der Waals surface area contributed by atoms with Crippen molar-refractivity contribution in [1.82, 2.24) is 9.47 Å². The number of carbonyl (C=O) groups is 2. The predicted molar refractivity (Wildman–Crippen MR) is 86.7 cm³/mol. The number of hydrogen-bond acceptors (Lipinski definition) is 2. The third-order valence-corrected chi connectivity index (χ3v) is 4.50. The Hall–Kier alpha value is -2.56. The fourth-order valence-corrected chi connectivity index (χ4v) is 3.18. The van der Waals surface area contributed by atoms with Crippen LogP contribution in [0.4, 0.5) is 0 Å². The number of amides is 1. The van der Waals surface area contributed by atoms with Crippen LogP contribution in [0.15, 0.2) is 42.6 Å². The van der Waals surface area contributed by atoms with Gasteiger partial charge < -0.3 is 14.6 Å². The van der Waals surface area contributed by atoms with Gasteiger partial charge in [0, 0.05) is 32.3 Å². The molecule has 2 heterocycles. The molecule has 0 spiro atoms. The van der Waals surface area contributed by atoms with Crippen molar-refractivity contribution in [2.24, 2.45) is 7.05 Å². The summed E-state index contributed by atoms with van der Waals surface area (Å²) in [6.45, 7) is 1.45. The van der Waals surface area contributed by atoms with Gasteiger partial charge in [0.1, 0.15) is 5.69 Å². The molecule has 1 N–H and O–H groups in total. The molecule has 1 aliphatic heterocycles. The van der Waals surface area contributed by atoms with Gasteiger partial charge in [0.15, 0.2) is 0 Å². The van der Waals surface area contributed by atoms with Crippen molar-refractivity contribution >= 4 is 11.9 Å². The molecule has 1 atom stereocenters. The summed E-state index contributed by atoms with van der Waals surface area (Å²) in [6.07, 6.45) is 3.85. The van der Waals surface area contributed by atoms with Crippen molar-refractivity contribution in [2.45, 2.75) is 18.8 Å². The van der Waals surface area contributed by atoms with Crippen molar-refractivity contribution in [1.29, 1.82) is 0 Å². The Bertz CT molecular complexity index is 718. The zero-order chi connectivity index (χ0) is 16.4. The lowest BCUT2D eigenvalue weighted by atomic mass is 9.90. The summed E-state index contributed by atoms with van der Waals surface area (Å²) in [5.41, 5.74) is 2.09. The predicted octanol–water partition coefficient (Wildman–Crippen LogP) is 2.74. The van der Waals surface area contributed by atoms with Gasteiger partial charge in [-0.3, -0.25) is 4.79 Å². The third kappa shape index (κ3) is 3.13. The molecule has 1 unspecified atom stereocenters. The fraction of sp³-hybridized carbons (Fsp3) is 0.333. The lowest BCUT2D eigenvalue weighted by Gasteiger charge is -2.33. The second-order valence-electron chi connectivity index (χ2n) is 6.02. The van der Waals surface area contributed by atoms with E-state index in [4.69, 9.17) is 5.11 Å². The average molecular weight is 312 g/mol. The molecule has 1 saturated heterocycles. The topological polar surface area (TPSA) is 62.5 Å². The van der Waals surface area contributed by atoms with Gasteiger partial charge in [0.05, 0.1) is 5.56 Å². The highest BCUT2D eigenvalue weighted by Crippen LogP contribution is 2.28. The van der Waals surface area contributed by atoms with Crippen LogP contribution < -0.4 is 0 Å². The van der Waals surface area contributed by atoms with Gasteiger partial charge in [-0.1, -0.05) is 12.1 Å². The standard InChI is InChI=1S/C18H20N2O3/c1-19-10-3-5-16(19)17(21)20-11-2-4-15(12-20)13-6-8-14(9-7-13)18(22)23/h3,5-10,15H,2,4,11-12H2,1H3,(H,22,23). The average Bonchev–Trinajstić information content (AvgIpc) is 3.00. The normalized spacial score (nSPS) is 18.0. The molecule has 1 amide bonds. The van der Waals surface area contributed by atoms with Crippen LogP contribution in [0.25, 0.3) is 0 Å². The number of rotatable bonds is 3. The summed E-state index contributed by atoms with van der Waals surface area (Å²) in [5, 5.41) is 8.98. The Labute approximate surface area is 135 Å². The number of aryl methyl sites for hydroxylation is 1. The van der Waals surface area contributed by atoms with E-state index in [0.29, 0.717) is 17.8 Å². The molecule has 5 heteroatoms.